The second kappa shape index (κ2) is 6.75. The lowest BCUT2D eigenvalue weighted by molar-refractivity contribution is -0.121. The Morgan fingerprint density at radius 2 is 1.80 bits per heavy atom. The summed E-state index contributed by atoms with van der Waals surface area (Å²) in [4.78, 5) is 11.9. The van der Waals surface area contributed by atoms with E-state index in [0.29, 0.717) is 13.0 Å². The van der Waals surface area contributed by atoms with Gasteiger partial charge in [0.05, 0.1) is 13.0 Å². The van der Waals surface area contributed by atoms with Gasteiger partial charge in [-0.3, -0.25) is 4.79 Å². The fourth-order valence-electron chi connectivity index (χ4n) is 2.84. The van der Waals surface area contributed by atoms with Crippen LogP contribution in [0.3, 0.4) is 0 Å². The Labute approximate surface area is 119 Å². The molecule has 0 atom stereocenters. The Morgan fingerprint density at radius 3 is 2.40 bits per heavy atom. The van der Waals surface area contributed by atoms with Crippen molar-refractivity contribution in [2.24, 2.45) is 5.41 Å². The van der Waals surface area contributed by atoms with Crippen molar-refractivity contribution in [2.75, 3.05) is 13.2 Å². The SMILES string of the molecule is O=C(Cc1ccc(O)cc1)NCC1(CO)CCCCC1. The summed E-state index contributed by atoms with van der Waals surface area (Å²) in [6, 6.07) is 6.66. The van der Waals surface area contributed by atoms with Gasteiger partial charge in [0.15, 0.2) is 0 Å². The fraction of sp³-hybridized carbons (Fsp3) is 0.562. The van der Waals surface area contributed by atoms with Crippen LogP contribution in [0.25, 0.3) is 0 Å². The largest absolute Gasteiger partial charge is 0.508 e. The minimum atomic E-state index is -0.122. The van der Waals surface area contributed by atoms with Crippen LogP contribution in [0.4, 0.5) is 0 Å². The Kier molecular flexibility index (Phi) is 5.01. The van der Waals surface area contributed by atoms with Crippen molar-refractivity contribution in [1.82, 2.24) is 5.32 Å². The zero-order valence-electron chi connectivity index (χ0n) is 11.8. The van der Waals surface area contributed by atoms with E-state index in [2.05, 4.69) is 5.32 Å². The predicted octanol–water partition coefficient (Wildman–Crippen LogP) is 1.99. The average molecular weight is 277 g/mol. The summed E-state index contributed by atoms with van der Waals surface area (Å²) < 4.78 is 0. The van der Waals surface area contributed by atoms with Gasteiger partial charge in [-0.25, -0.2) is 0 Å². The summed E-state index contributed by atoms with van der Waals surface area (Å²) in [5.41, 5.74) is 0.755. The summed E-state index contributed by atoms with van der Waals surface area (Å²) >= 11 is 0. The summed E-state index contributed by atoms with van der Waals surface area (Å²) in [5.74, 6) is 0.171. The number of phenolic OH excluding ortho intramolecular Hbond substituents is 1. The van der Waals surface area contributed by atoms with E-state index >= 15 is 0 Å². The van der Waals surface area contributed by atoms with Crippen LogP contribution in [-0.2, 0) is 11.2 Å². The van der Waals surface area contributed by atoms with Gasteiger partial charge in [-0.2, -0.15) is 0 Å². The number of hydrogen-bond acceptors (Lipinski definition) is 3. The van der Waals surface area contributed by atoms with Gasteiger partial charge in [0.1, 0.15) is 5.75 Å². The maximum atomic E-state index is 11.9. The third kappa shape index (κ3) is 3.97. The first-order valence-electron chi connectivity index (χ1n) is 7.29. The van der Waals surface area contributed by atoms with Crippen LogP contribution in [0.1, 0.15) is 37.7 Å². The number of nitrogens with one attached hydrogen (secondary N) is 1. The van der Waals surface area contributed by atoms with E-state index in [4.69, 9.17) is 0 Å². The van der Waals surface area contributed by atoms with E-state index in [1.165, 1.54) is 6.42 Å². The highest BCUT2D eigenvalue weighted by molar-refractivity contribution is 5.78. The van der Waals surface area contributed by atoms with Crippen LogP contribution in [0.2, 0.25) is 0 Å². The third-order valence-electron chi connectivity index (χ3n) is 4.21. The Hall–Kier alpha value is -1.55. The lowest BCUT2D eigenvalue weighted by atomic mass is 9.74. The number of carbonyl (C=O) groups excluding carboxylic acids is 1. The van der Waals surface area contributed by atoms with Gasteiger partial charge >= 0.3 is 0 Å². The molecule has 1 fully saturated rings. The van der Waals surface area contributed by atoms with Crippen molar-refractivity contribution >= 4 is 5.91 Å². The van der Waals surface area contributed by atoms with Crippen LogP contribution in [-0.4, -0.2) is 29.3 Å². The minimum Gasteiger partial charge on any atom is -0.508 e. The molecule has 1 aliphatic carbocycles. The molecule has 4 heteroatoms. The molecular formula is C16H23NO3. The average Bonchev–Trinajstić information content (AvgIpc) is 2.49. The molecule has 4 nitrogen and oxygen atoms in total. The van der Waals surface area contributed by atoms with Crippen LogP contribution >= 0.6 is 0 Å². The summed E-state index contributed by atoms with van der Waals surface area (Å²) in [6.07, 6.45) is 5.78. The number of aromatic hydroxyl groups is 1. The molecule has 20 heavy (non-hydrogen) atoms. The molecule has 110 valence electrons. The standard InChI is InChI=1S/C16H23NO3/c18-12-16(8-2-1-3-9-16)11-17-15(20)10-13-4-6-14(19)7-5-13/h4-7,18-19H,1-3,8-12H2,(H,17,20). The van der Waals surface area contributed by atoms with Gasteiger partial charge in [0.25, 0.3) is 0 Å². The van der Waals surface area contributed by atoms with Gasteiger partial charge in [-0.05, 0) is 30.5 Å². The molecule has 1 saturated carbocycles. The van der Waals surface area contributed by atoms with Crippen molar-refractivity contribution in [1.29, 1.82) is 0 Å². The molecule has 0 spiro atoms. The highest BCUT2D eigenvalue weighted by Gasteiger charge is 2.31. The van der Waals surface area contributed by atoms with Crippen LogP contribution in [0, 0.1) is 5.41 Å². The molecule has 0 radical (unpaired) electrons. The van der Waals surface area contributed by atoms with Gasteiger partial charge in [-0.1, -0.05) is 31.4 Å². The second-order valence-corrected chi connectivity index (χ2v) is 5.84. The number of hydrogen-bond donors (Lipinski definition) is 3. The monoisotopic (exact) mass is 277 g/mol. The highest BCUT2D eigenvalue weighted by atomic mass is 16.3. The summed E-state index contributed by atoms with van der Waals surface area (Å²) in [7, 11) is 0. The number of benzene rings is 1. The van der Waals surface area contributed by atoms with Crippen molar-refractivity contribution in [2.45, 2.75) is 38.5 Å². The van der Waals surface area contributed by atoms with E-state index in [1.807, 2.05) is 0 Å². The normalized spacial score (nSPS) is 17.6. The van der Waals surface area contributed by atoms with E-state index in [0.717, 1.165) is 31.2 Å². The van der Waals surface area contributed by atoms with E-state index < -0.39 is 0 Å². The topological polar surface area (TPSA) is 69.6 Å². The highest BCUT2D eigenvalue weighted by Crippen LogP contribution is 2.35. The summed E-state index contributed by atoms with van der Waals surface area (Å²) in [6.45, 7) is 0.701. The van der Waals surface area contributed by atoms with Crippen molar-refractivity contribution in [3.05, 3.63) is 29.8 Å². The first-order chi connectivity index (χ1) is 9.63. The molecule has 1 amide bonds. The lowest BCUT2D eigenvalue weighted by Crippen LogP contribution is -2.41. The van der Waals surface area contributed by atoms with Gasteiger partial charge in [0.2, 0.25) is 5.91 Å². The molecule has 0 aromatic heterocycles. The maximum absolute atomic E-state index is 11.9. The Morgan fingerprint density at radius 1 is 1.15 bits per heavy atom. The summed E-state index contributed by atoms with van der Waals surface area (Å²) in [5, 5.41) is 21.7. The zero-order valence-corrected chi connectivity index (χ0v) is 11.8. The van der Waals surface area contributed by atoms with E-state index in [-0.39, 0.29) is 23.7 Å². The third-order valence-corrected chi connectivity index (χ3v) is 4.21. The first-order valence-corrected chi connectivity index (χ1v) is 7.29. The van der Waals surface area contributed by atoms with Crippen molar-refractivity contribution < 1.29 is 15.0 Å². The number of aliphatic hydroxyl groups is 1. The number of rotatable bonds is 5. The molecule has 1 aromatic carbocycles. The molecule has 0 unspecified atom stereocenters. The molecule has 3 N–H and O–H groups in total. The predicted molar refractivity (Wildman–Crippen MR) is 77.4 cm³/mol. The van der Waals surface area contributed by atoms with Crippen LogP contribution in [0.15, 0.2) is 24.3 Å². The lowest BCUT2D eigenvalue weighted by Gasteiger charge is -2.35. The second-order valence-electron chi connectivity index (χ2n) is 5.84. The quantitative estimate of drug-likeness (QED) is 0.771. The number of amides is 1. The Balaban J connectivity index is 1.83. The van der Waals surface area contributed by atoms with E-state index in [9.17, 15) is 15.0 Å². The zero-order chi connectivity index (χ0) is 14.4. The Bertz CT molecular complexity index is 436. The molecular weight excluding hydrogens is 254 g/mol. The fourth-order valence-corrected chi connectivity index (χ4v) is 2.84. The maximum Gasteiger partial charge on any atom is 0.224 e. The molecule has 0 aliphatic heterocycles. The minimum absolute atomic E-state index is 0.0333. The van der Waals surface area contributed by atoms with E-state index in [1.54, 1.807) is 24.3 Å². The van der Waals surface area contributed by atoms with Gasteiger partial charge in [0, 0.05) is 12.0 Å². The molecule has 0 saturated heterocycles. The van der Waals surface area contributed by atoms with Crippen molar-refractivity contribution in [3.8, 4) is 5.75 Å². The molecule has 0 bridgehead atoms. The van der Waals surface area contributed by atoms with Gasteiger partial charge in [-0.15, -0.1) is 0 Å². The number of carbonyl (C=O) groups is 1. The van der Waals surface area contributed by atoms with Crippen LogP contribution in [0.5, 0.6) is 5.75 Å². The van der Waals surface area contributed by atoms with Gasteiger partial charge < -0.3 is 15.5 Å². The number of phenols is 1. The first kappa shape index (κ1) is 14.9. The van der Waals surface area contributed by atoms with Crippen molar-refractivity contribution in [3.63, 3.8) is 0 Å². The molecule has 1 aliphatic rings. The molecule has 1 aromatic rings. The number of aliphatic hydroxyl groups excluding tert-OH is 1. The molecule has 0 heterocycles. The smallest absolute Gasteiger partial charge is 0.224 e. The van der Waals surface area contributed by atoms with Crippen LogP contribution < -0.4 is 5.32 Å². The molecule has 2 rings (SSSR count).